The molecular formula is C56H91N13O10. The van der Waals surface area contributed by atoms with Crippen molar-refractivity contribution in [2.45, 2.75) is 185 Å². The standard InChI is InChI=1S/C56H91N13O10/c1-6-7-8-9-13-16-39(70)33-48(71)62-40(21-25-57)50(73)65-43-24-28-61-49(72)44(29-34(2)3)66-52(75)42(23-27-59)63-51(74)41(22-26-58)64-54(77)45(30-35(4)5)67-55(78)46(31-36-14-11-10-12-15-36)69-56(79)47(68-53(43)76)32-37-17-19-38(60)20-18-37/h10-12,14-15,17-20,34-35,39-47,70H,6-9,13,16,21-33,57-60H2,1-5H3,(H,61,72)(H,62,71)(H,63,74)(H,64,77)(H,65,73)(H,66,75)(H,67,78)(H,68,76)(H,69,79)/t39-,40-,41+,42+,43+,44+,45+,46-,47+/m1/s1. The Morgan fingerprint density at radius 2 is 1.05 bits per heavy atom. The van der Waals surface area contributed by atoms with Crippen molar-refractivity contribution in [2.24, 2.45) is 29.0 Å². The van der Waals surface area contributed by atoms with Gasteiger partial charge in [0.05, 0.1) is 12.5 Å². The SMILES string of the molecule is CCCCCCC[C@@H](O)CC(=O)N[C@H](CCN)C(=O)N[C@H]1CCNC(=O)[C@H](CC(C)C)NC(=O)[C@H](CCN)NC(=O)[C@H](CCN)NC(=O)[C@H](CC(C)C)NC(=O)[C@@H](Cc2ccccc2)NC(=O)[C@H](Cc2ccc(N)cc2)NC1=O. The number of nitrogens with two attached hydrogens (primary N) is 4. The Kier molecular flexibility index (Phi) is 30.1. The first-order chi connectivity index (χ1) is 37.7. The largest absolute Gasteiger partial charge is 0.399 e. The van der Waals surface area contributed by atoms with Crippen molar-refractivity contribution < 1.29 is 48.3 Å². The molecule has 23 heteroatoms. The van der Waals surface area contributed by atoms with Crippen LogP contribution in [-0.4, -0.2) is 139 Å². The molecule has 1 aliphatic rings. The van der Waals surface area contributed by atoms with Crippen LogP contribution in [0.15, 0.2) is 54.6 Å². The van der Waals surface area contributed by atoms with Gasteiger partial charge in [0.15, 0.2) is 0 Å². The summed E-state index contributed by atoms with van der Waals surface area (Å²) in [5.74, 6) is -7.13. The third-order valence-electron chi connectivity index (χ3n) is 13.4. The first-order valence-corrected chi connectivity index (χ1v) is 28.0. The fraction of sp³-hybridized carbons (Fsp3) is 0.625. The molecule has 1 aliphatic heterocycles. The fourth-order valence-corrected chi connectivity index (χ4v) is 9.06. The van der Waals surface area contributed by atoms with E-state index in [1.807, 2.05) is 27.7 Å². The second-order valence-electron chi connectivity index (χ2n) is 21.3. The molecule has 0 saturated carbocycles. The number of nitrogen functional groups attached to an aromatic ring is 1. The van der Waals surface area contributed by atoms with Gasteiger partial charge in [0.1, 0.15) is 48.3 Å². The molecule has 2 aromatic rings. The van der Waals surface area contributed by atoms with Crippen molar-refractivity contribution >= 4 is 58.9 Å². The monoisotopic (exact) mass is 1110 g/mol. The lowest BCUT2D eigenvalue weighted by Crippen LogP contribution is -2.61. The molecular weight excluding hydrogens is 1010 g/mol. The highest BCUT2D eigenvalue weighted by atomic mass is 16.3. The van der Waals surface area contributed by atoms with Crippen LogP contribution in [-0.2, 0) is 56.0 Å². The Balaban J connectivity index is 2.18. The molecule has 0 aromatic heterocycles. The number of carbonyl (C=O) groups excluding carboxylic acids is 9. The maximum absolute atomic E-state index is 14.8. The topological polar surface area (TPSA) is 386 Å². The molecule has 79 heavy (non-hydrogen) atoms. The van der Waals surface area contributed by atoms with Gasteiger partial charge in [-0.1, -0.05) is 109 Å². The smallest absolute Gasteiger partial charge is 0.243 e. The van der Waals surface area contributed by atoms with Gasteiger partial charge in [0.25, 0.3) is 0 Å². The fourth-order valence-electron chi connectivity index (χ4n) is 9.06. The van der Waals surface area contributed by atoms with Crippen molar-refractivity contribution in [2.75, 3.05) is 31.9 Å². The van der Waals surface area contributed by atoms with Gasteiger partial charge in [-0.05, 0) is 99.7 Å². The van der Waals surface area contributed by atoms with Crippen molar-refractivity contribution in [3.05, 3.63) is 65.7 Å². The third-order valence-corrected chi connectivity index (χ3v) is 13.4. The molecule has 2 aromatic carbocycles. The minimum absolute atomic E-state index is 0.0521. The van der Waals surface area contributed by atoms with Gasteiger partial charge in [-0.15, -0.1) is 0 Å². The quantitative estimate of drug-likeness (QED) is 0.0449. The molecule has 0 aliphatic carbocycles. The molecule has 0 unspecified atom stereocenters. The number of amides is 9. The Bertz CT molecular complexity index is 2250. The van der Waals surface area contributed by atoms with Crippen molar-refractivity contribution in [3.8, 4) is 0 Å². The first-order valence-electron chi connectivity index (χ1n) is 28.0. The number of rotatable bonds is 25. The molecule has 23 nitrogen and oxygen atoms in total. The molecule has 440 valence electrons. The van der Waals surface area contributed by atoms with E-state index in [9.17, 15) is 48.3 Å². The highest BCUT2D eigenvalue weighted by Gasteiger charge is 2.36. The number of aliphatic hydroxyl groups excluding tert-OH is 1. The number of benzene rings is 2. The lowest BCUT2D eigenvalue weighted by molar-refractivity contribution is -0.136. The van der Waals surface area contributed by atoms with Crippen LogP contribution < -0.4 is 70.8 Å². The van der Waals surface area contributed by atoms with Gasteiger partial charge in [0.2, 0.25) is 53.2 Å². The second-order valence-corrected chi connectivity index (χ2v) is 21.3. The van der Waals surface area contributed by atoms with Gasteiger partial charge < -0.3 is 75.9 Å². The van der Waals surface area contributed by atoms with E-state index < -0.39 is 108 Å². The van der Waals surface area contributed by atoms with Crippen LogP contribution in [0.4, 0.5) is 5.69 Å². The number of aliphatic hydroxyl groups is 1. The number of unbranched alkanes of at least 4 members (excludes halogenated alkanes) is 4. The van der Waals surface area contributed by atoms with Crippen LogP contribution in [0, 0.1) is 11.8 Å². The molecule has 0 spiro atoms. The lowest BCUT2D eigenvalue weighted by atomic mass is 9.99. The van der Waals surface area contributed by atoms with Crippen LogP contribution in [0.25, 0.3) is 0 Å². The number of carbonyl (C=O) groups is 9. The van der Waals surface area contributed by atoms with E-state index in [2.05, 4.69) is 54.8 Å². The van der Waals surface area contributed by atoms with Gasteiger partial charge >= 0.3 is 0 Å². The van der Waals surface area contributed by atoms with Crippen LogP contribution in [0.2, 0.25) is 0 Å². The summed E-state index contributed by atoms with van der Waals surface area (Å²) in [6, 6.07) is 4.81. The maximum Gasteiger partial charge on any atom is 0.243 e. The maximum atomic E-state index is 14.8. The molecule has 1 heterocycles. The molecule has 0 bridgehead atoms. The van der Waals surface area contributed by atoms with Crippen molar-refractivity contribution in [3.63, 3.8) is 0 Å². The van der Waals surface area contributed by atoms with Gasteiger partial charge in [-0.25, -0.2) is 0 Å². The highest BCUT2D eigenvalue weighted by Crippen LogP contribution is 2.15. The van der Waals surface area contributed by atoms with Gasteiger partial charge in [-0.3, -0.25) is 43.2 Å². The summed E-state index contributed by atoms with van der Waals surface area (Å²) < 4.78 is 0. The second kappa shape index (κ2) is 35.7. The van der Waals surface area contributed by atoms with Crippen molar-refractivity contribution in [1.82, 2.24) is 47.9 Å². The molecule has 1 fully saturated rings. The molecule has 18 N–H and O–H groups in total. The van der Waals surface area contributed by atoms with E-state index in [1.165, 1.54) is 0 Å². The zero-order chi connectivity index (χ0) is 58.4. The average Bonchev–Trinajstić information content (AvgIpc) is 3.39. The summed E-state index contributed by atoms with van der Waals surface area (Å²) in [6.07, 6.45) is 3.45. The number of nitrogens with one attached hydrogen (secondary N) is 9. The summed E-state index contributed by atoms with van der Waals surface area (Å²) in [6.45, 7) is 9.00. The molecule has 0 radical (unpaired) electrons. The van der Waals surface area contributed by atoms with E-state index in [-0.39, 0.29) is 95.8 Å². The summed E-state index contributed by atoms with van der Waals surface area (Å²) >= 11 is 0. The van der Waals surface area contributed by atoms with Crippen LogP contribution in [0.5, 0.6) is 0 Å². The summed E-state index contributed by atoms with van der Waals surface area (Å²) in [4.78, 5) is 128. The lowest BCUT2D eigenvalue weighted by Gasteiger charge is -2.28. The van der Waals surface area contributed by atoms with Gasteiger partial charge in [-0.2, -0.15) is 0 Å². The Morgan fingerprint density at radius 3 is 1.57 bits per heavy atom. The summed E-state index contributed by atoms with van der Waals surface area (Å²) in [5, 5.41) is 35.2. The highest BCUT2D eigenvalue weighted by molar-refractivity contribution is 5.98. The predicted molar refractivity (Wildman–Crippen MR) is 302 cm³/mol. The van der Waals surface area contributed by atoms with E-state index in [1.54, 1.807) is 54.6 Å². The molecule has 1 saturated heterocycles. The summed E-state index contributed by atoms with van der Waals surface area (Å²) in [5.41, 5.74) is 25.4. The van der Waals surface area contributed by atoms with Crippen LogP contribution >= 0.6 is 0 Å². The first kappa shape index (κ1) is 66.6. The summed E-state index contributed by atoms with van der Waals surface area (Å²) in [7, 11) is 0. The molecule has 3 rings (SSSR count). The average molecular weight is 1110 g/mol. The number of anilines is 1. The van der Waals surface area contributed by atoms with E-state index in [4.69, 9.17) is 22.9 Å². The Hall–Kier alpha value is -6.69. The minimum Gasteiger partial charge on any atom is -0.399 e. The number of hydrogen-bond acceptors (Lipinski definition) is 14. The van der Waals surface area contributed by atoms with E-state index >= 15 is 0 Å². The third kappa shape index (κ3) is 24.9. The van der Waals surface area contributed by atoms with E-state index in [0.29, 0.717) is 23.2 Å². The van der Waals surface area contributed by atoms with Gasteiger partial charge in [0, 0.05) is 25.1 Å². The van der Waals surface area contributed by atoms with Crippen LogP contribution in [0.1, 0.15) is 129 Å². The minimum atomic E-state index is -1.50. The predicted octanol–water partition coefficient (Wildman–Crippen LogP) is -0.298. The molecule has 9 atom stereocenters. The van der Waals surface area contributed by atoms with Crippen molar-refractivity contribution in [1.29, 1.82) is 0 Å². The Morgan fingerprint density at radius 1 is 0.582 bits per heavy atom. The normalized spacial score (nSPS) is 22.3. The van der Waals surface area contributed by atoms with E-state index in [0.717, 1.165) is 32.1 Å². The molecule has 9 amide bonds. The van der Waals surface area contributed by atoms with Crippen LogP contribution in [0.3, 0.4) is 0 Å². The zero-order valence-electron chi connectivity index (χ0n) is 46.9. The Labute approximate surface area is 465 Å². The zero-order valence-corrected chi connectivity index (χ0v) is 46.9. The number of hydrogen-bond donors (Lipinski definition) is 14.